The lowest BCUT2D eigenvalue weighted by atomic mass is 10.1. The normalized spacial score (nSPS) is 21.1. The molecule has 3 heterocycles. The van der Waals surface area contributed by atoms with Crippen molar-refractivity contribution in [2.24, 2.45) is 0 Å². The number of pyridine rings is 1. The zero-order valence-electron chi connectivity index (χ0n) is 13.0. The molecule has 4 rings (SSSR count). The lowest BCUT2D eigenvalue weighted by molar-refractivity contribution is 0.194. The van der Waals surface area contributed by atoms with Crippen LogP contribution in [0.3, 0.4) is 0 Å². The number of rotatable bonds is 2. The van der Waals surface area contributed by atoms with Crippen LogP contribution in [0, 0.1) is 17.5 Å². The fourth-order valence-corrected chi connectivity index (χ4v) is 3.40. The summed E-state index contributed by atoms with van der Waals surface area (Å²) in [5, 5.41) is 3.32. The van der Waals surface area contributed by atoms with Gasteiger partial charge in [0.15, 0.2) is 11.6 Å². The number of fused-ring (bicyclic) bond motifs is 1. The number of hydrogen-bond donors (Lipinski definition) is 1. The van der Waals surface area contributed by atoms with Gasteiger partial charge in [-0.05, 0) is 31.2 Å². The number of aromatic nitrogens is 1. The maximum atomic E-state index is 13.7. The second-order valence-corrected chi connectivity index (χ2v) is 6.20. The van der Waals surface area contributed by atoms with Gasteiger partial charge in [-0.25, -0.2) is 18.2 Å². The summed E-state index contributed by atoms with van der Waals surface area (Å²) in [4.78, 5) is 8.20. The standard InChI is InChI=1S/C17H17F3N4/c18-12-5-11-9-23(14-3-4-21-8-14)10-24(17(11)22-7-12)13-1-2-15(19)16(20)6-13/h1-2,5-7,14,21H,3-4,8-10H2/t14-/m1/s1. The van der Waals surface area contributed by atoms with E-state index in [9.17, 15) is 13.2 Å². The molecule has 126 valence electrons. The summed E-state index contributed by atoms with van der Waals surface area (Å²) in [6.45, 7) is 2.90. The van der Waals surface area contributed by atoms with Crippen LogP contribution in [-0.2, 0) is 6.54 Å². The highest BCUT2D eigenvalue weighted by Crippen LogP contribution is 2.34. The number of hydrogen-bond acceptors (Lipinski definition) is 4. The van der Waals surface area contributed by atoms with Gasteiger partial charge in [0.1, 0.15) is 11.6 Å². The molecule has 1 aromatic heterocycles. The molecule has 2 aliphatic heterocycles. The minimum Gasteiger partial charge on any atom is -0.315 e. The van der Waals surface area contributed by atoms with E-state index in [0.29, 0.717) is 30.8 Å². The van der Waals surface area contributed by atoms with Crippen molar-refractivity contribution < 1.29 is 13.2 Å². The predicted octanol–water partition coefficient (Wildman–Crippen LogP) is 2.77. The van der Waals surface area contributed by atoms with E-state index in [1.165, 1.54) is 12.1 Å². The molecule has 1 saturated heterocycles. The minimum atomic E-state index is -0.907. The van der Waals surface area contributed by atoms with Crippen molar-refractivity contribution in [2.45, 2.75) is 19.0 Å². The van der Waals surface area contributed by atoms with Gasteiger partial charge in [0, 0.05) is 36.4 Å². The fourth-order valence-electron chi connectivity index (χ4n) is 3.40. The molecule has 0 aliphatic carbocycles. The maximum Gasteiger partial charge on any atom is 0.160 e. The quantitative estimate of drug-likeness (QED) is 0.915. The number of nitrogens with one attached hydrogen (secondary N) is 1. The molecular formula is C17H17F3N4. The van der Waals surface area contributed by atoms with Crippen LogP contribution in [0.2, 0.25) is 0 Å². The number of nitrogens with zero attached hydrogens (tertiary/aromatic N) is 3. The van der Waals surface area contributed by atoms with E-state index in [1.807, 2.05) is 0 Å². The lowest BCUT2D eigenvalue weighted by Gasteiger charge is -2.40. The SMILES string of the molecule is Fc1cnc2c(c1)CN([C@@H]1CCNC1)CN2c1ccc(F)c(F)c1. The number of benzene rings is 1. The second kappa shape index (κ2) is 6.07. The van der Waals surface area contributed by atoms with Gasteiger partial charge in [0.25, 0.3) is 0 Å². The highest BCUT2D eigenvalue weighted by Gasteiger charge is 2.31. The van der Waals surface area contributed by atoms with Crippen molar-refractivity contribution in [3.05, 3.63) is 53.5 Å². The number of halogens is 3. The summed E-state index contributed by atoms with van der Waals surface area (Å²) in [6, 6.07) is 5.56. The first-order chi connectivity index (χ1) is 11.6. The molecule has 7 heteroatoms. The Balaban J connectivity index is 1.74. The van der Waals surface area contributed by atoms with Crippen LogP contribution in [0.5, 0.6) is 0 Å². The van der Waals surface area contributed by atoms with Gasteiger partial charge in [-0.15, -0.1) is 0 Å². The summed E-state index contributed by atoms with van der Waals surface area (Å²) in [5.74, 6) is -1.61. The first kappa shape index (κ1) is 15.4. The summed E-state index contributed by atoms with van der Waals surface area (Å²) in [7, 11) is 0. The minimum absolute atomic E-state index is 0.328. The first-order valence-electron chi connectivity index (χ1n) is 7.93. The van der Waals surface area contributed by atoms with E-state index in [0.717, 1.165) is 43.4 Å². The fraction of sp³-hybridized carbons (Fsp3) is 0.353. The summed E-state index contributed by atoms with van der Waals surface area (Å²) < 4.78 is 40.6. The van der Waals surface area contributed by atoms with E-state index in [1.54, 1.807) is 4.90 Å². The molecule has 0 spiro atoms. The van der Waals surface area contributed by atoms with Crippen LogP contribution in [0.25, 0.3) is 0 Å². The van der Waals surface area contributed by atoms with Crippen LogP contribution in [0.15, 0.2) is 30.5 Å². The third-order valence-electron chi connectivity index (χ3n) is 4.63. The average molecular weight is 334 g/mol. The Kier molecular flexibility index (Phi) is 3.90. The van der Waals surface area contributed by atoms with Gasteiger partial charge < -0.3 is 10.2 Å². The van der Waals surface area contributed by atoms with Crippen LogP contribution in [-0.4, -0.2) is 35.7 Å². The molecule has 1 N–H and O–H groups in total. The molecule has 24 heavy (non-hydrogen) atoms. The van der Waals surface area contributed by atoms with Crippen molar-refractivity contribution >= 4 is 11.5 Å². The van der Waals surface area contributed by atoms with E-state index in [2.05, 4.69) is 15.2 Å². The predicted molar refractivity (Wildman–Crippen MR) is 84.4 cm³/mol. The molecule has 4 nitrogen and oxygen atoms in total. The molecule has 2 aromatic rings. The Morgan fingerprint density at radius 1 is 1.12 bits per heavy atom. The Bertz CT molecular complexity index is 761. The number of anilines is 2. The van der Waals surface area contributed by atoms with Gasteiger partial charge in [0.2, 0.25) is 0 Å². The van der Waals surface area contributed by atoms with Gasteiger partial charge in [-0.1, -0.05) is 0 Å². The molecule has 0 radical (unpaired) electrons. The van der Waals surface area contributed by atoms with Crippen molar-refractivity contribution in [1.82, 2.24) is 15.2 Å². The second-order valence-electron chi connectivity index (χ2n) is 6.20. The summed E-state index contributed by atoms with van der Waals surface area (Å²) >= 11 is 0. The monoisotopic (exact) mass is 334 g/mol. The molecule has 1 aromatic carbocycles. The molecule has 2 aliphatic rings. The van der Waals surface area contributed by atoms with Crippen LogP contribution >= 0.6 is 0 Å². The summed E-state index contributed by atoms with van der Waals surface area (Å²) in [6.07, 6.45) is 2.15. The van der Waals surface area contributed by atoms with Crippen LogP contribution in [0.4, 0.5) is 24.7 Å². The lowest BCUT2D eigenvalue weighted by Crippen LogP contribution is -2.46. The Labute approximate surface area is 137 Å². The molecule has 1 fully saturated rings. The highest BCUT2D eigenvalue weighted by atomic mass is 19.2. The van der Waals surface area contributed by atoms with E-state index in [4.69, 9.17) is 0 Å². The van der Waals surface area contributed by atoms with Gasteiger partial charge >= 0.3 is 0 Å². The Morgan fingerprint density at radius 2 is 2.00 bits per heavy atom. The molecule has 0 unspecified atom stereocenters. The van der Waals surface area contributed by atoms with Crippen molar-refractivity contribution in [2.75, 3.05) is 24.7 Å². The van der Waals surface area contributed by atoms with Crippen LogP contribution < -0.4 is 10.2 Å². The van der Waals surface area contributed by atoms with Gasteiger partial charge in [-0.2, -0.15) is 0 Å². The van der Waals surface area contributed by atoms with Crippen LogP contribution in [0.1, 0.15) is 12.0 Å². The third-order valence-corrected chi connectivity index (χ3v) is 4.63. The van der Waals surface area contributed by atoms with E-state index in [-0.39, 0.29) is 0 Å². The Hall–Kier alpha value is -2.12. The largest absolute Gasteiger partial charge is 0.315 e. The summed E-state index contributed by atoms with van der Waals surface area (Å²) in [5.41, 5.74) is 1.25. The highest BCUT2D eigenvalue weighted by molar-refractivity contribution is 5.64. The third kappa shape index (κ3) is 2.74. The molecular weight excluding hydrogens is 317 g/mol. The molecule has 0 amide bonds. The smallest absolute Gasteiger partial charge is 0.160 e. The van der Waals surface area contributed by atoms with E-state index < -0.39 is 17.5 Å². The average Bonchev–Trinajstić information content (AvgIpc) is 3.10. The van der Waals surface area contributed by atoms with E-state index >= 15 is 0 Å². The molecule has 0 saturated carbocycles. The molecule has 1 atom stereocenters. The zero-order chi connectivity index (χ0) is 16.7. The van der Waals surface area contributed by atoms with Crippen molar-refractivity contribution in [1.29, 1.82) is 0 Å². The maximum absolute atomic E-state index is 13.7. The molecule has 0 bridgehead atoms. The van der Waals surface area contributed by atoms with Gasteiger partial charge in [0.05, 0.1) is 12.9 Å². The van der Waals surface area contributed by atoms with Crippen molar-refractivity contribution in [3.8, 4) is 0 Å². The van der Waals surface area contributed by atoms with Gasteiger partial charge in [-0.3, -0.25) is 4.90 Å². The van der Waals surface area contributed by atoms with Crippen molar-refractivity contribution in [3.63, 3.8) is 0 Å². The topological polar surface area (TPSA) is 31.4 Å². The first-order valence-corrected chi connectivity index (χ1v) is 7.93. The Morgan fingerprint density at radius 3 is 2.75 bits per heavy atom. The zero-order valence-corrected chi connectivity index (χ0v) is 13.0.